The zero-order valence-electron chi connectivity index (χ0n) is 4.20. The van der Waals surface area contributed by atoms with Crippen LogP contribution in [0.15, 0.2) is 0 Å². The van der Waals surface area contributed by atoms with Gasteiger partial charge in [0, 0.05) is 7.05 Å². The van der Waals surface area contributed by atoms with Crippen molar-refractivity contribution in [2.24, 2.45) is 11.6 Å². The molecule has 0 aliphatic rings. The van der Waals surface area contributed by atoms with Gasteiger partial charge < -0.3 is 5.73 Å². The summed E-state index contributed by atoms with van der Waals surface area (Å²) in [7, 11) is 1.48. The molecule has 5 N–H and O–H groups in total. The van der Waals surface area contributed by atoms with E-state index in [-0.39, 0.29) is 6.67 Å². The fraction of sp³-hybridized carbons (Fsp3) is 1.00. The molecule has 0 bridgehead atoms. The highest BCUT2D eigenvalue weighted by Crippen LogP contribution is 1.71. The summed E-state index contributed by atoms with van der Waals surface area (Å²) in [4.78, 5) is 0. The lowest BCUT2D eigenvalue weighted by atomic mass is 11.1. The van der Waals surface area contributed by atoms with Crippen molar-refractivity contribution in [3.05, 3.63) is 0 Å². The molecule has 0 saturated carbocycles. The Kier molecular flexibility index (Phi) is 2.81. The van der Waals surface area contributed by atoms with Crippen molar-refractivity contribution < 1.29 is 5.21 Å². The number of hydrogen-bond acceptors (Lipinski definition) is 5. The van der Waals surface area contributed by atoms with Gasteiger partial charge >= 0.3 is 0 Å². The number of hydroxylamine groups is 1. The first-order valence-corrected chi connectivity index (χ1v) is 1.83. The van der Waals surface area contributed by atoms with Gasteiger partial charge in [-0.05, 0) is 0 Å². The van der Waals surface area contributed by atoms with Crippen LogP contribution in [0, 0.1) is 0 Å². The van der Waals surface area contributed by atoms with E-state index in [1.165, 1.54) is 7.05 Å². The maximum atomic E-state index is 8.44. The molecule has 5 nitrogen and oxygen atoms in total. The molecule has 0 radical (unpaired) electrons. The molecule has 5 heteroatoms. The van der Waals surface area contributed by atoms with E-state index in [1.807, 2.05) is 0 Å². The molecule has 0 amide bonds. The lowest BCUT2D eigenvalue weighted by Gasteiger charge is -2.17. The molecular formula is C2H10N4O. The third-order valence-corrected chi connectivity index (χ3v) is 0.527. The molecule has 7 heavy (non-hydrogen) atoms. The Morgan fingerprint density at radius 2 is 2.14 bits per heavy atom. The molecule has 0 fully saturated rings. The second-order valence-corrected chi connectivity index (χ2v) is 1.13. The van der Waals surface area contributed by atoms with E-state index >= 15 is 0 Å². The van der Waals surface area contributed by atoms with Crippen LogP contribution in [0.4, 0.5) is 0 Å². The molecule has 0 aliphatic carbocycles. The van der Waals surface area contributed by atoms with Crippen molar-refractivity contribution in [1.29, 1.82) is 0 Å². The quantitative estimate of drug-likeness (QED) is 0.222. The summed E-state index contributed by atoms with van der Waals surface area (Å²) in [6.45, 7) is 0.00694. The number of hydrogen-bond donors (Lipinski definition) is 3. The summed E-state index contributed by atoms with van der Waals surface area (Å²) in [5.74, 6) is 4.98. The Morgan fingerprint density at radius 1 is 1.71 bits per heavy atom. The molecule has 0 spiro atoms. The number of nitrogens with zero attached hydrogens (tertiary/aromatic N) is 2. The van der Waals surface area contributed by atoms with Crippen LogP contribution in [0.3, 0.4) is 0 Å². The van der Waals surface area contributed by atoms with E-state index in [0.717, 1.165) is 5.12 Å². The van der Waals surface area contributed by atoms with Crippen LogP contribution in [0.25, 0.3) is 0 Å². The molecule has 44 valence electrons. The third kappa shape index (κ3) is 2.49. The summed E-state index contributed by atoms with van der Waals surface area (Å²) < 4.78 is 0. The lowest BCUT2D eigenvalue weighted by Crippen LogP contribution is -2.45. The first kappa shape index (κ1) is 6.80. The topological polar surface area (TPSA) is 78.8 Å². The van der Waals surface area contributed by atoms with E-state index in [0.29, 0.717) is 5.17 Å². The van der Waals surface area contributed by atoms with Crippen molar-refractivity contribution in [3.8, 4) is 0 Å². The zero-order valence-corrected chi connectivity index (χ0v) is 4.20. The molecule has 0 aromatic carbocycles. The minimum Gasteiger partial charge on any atom is -0.315 e. The maximum Gasteiger partial charge on any atom is 0.0883 e. The summed E-state index contributed by atoms with van der Waals surface area (Å²) in [5, 5.41) is 10.1. The van der Waals surface area contributed by atoms with Gasteiger partial charge in [0.2, 0.25) is 0 Å². The molecule has 0 heterocycles. The van der Waals surface area contributed by atoms with Crippen LogP contribution in [0.5, 0.6) is 0 Å². The Hall–Kier alpha value is -0.200. The highest BCUT2D eigenvalue weighted by molar-refractivity contribution is 4.17. The van der Waals surface area contributed by atoms with Crippen molar-refractivity contribution in [2.75, 3.05) is 13.7 Å². The Bertz CT molecular complexity index is 47.0. The van der Waals surface area contributed by atoms with Crippen molar-refractivity contribution >= 4 is 0 Å². The lowest BCUT2D eigenvalue weighted by molar-refractivity contribution is -0.236. The van der Waals surface area contributed by atoms with E-state index in [1.54, 1.807) is 0 Å². The van der Waals surface area contributed by atoms with E-state index in [4.69, 9.17) is 16.8 Å². The minimum absolute atomic E-state index is 0.00694. The van der Waals surface area contributed by atoms with Crippen molar-refractivity contribution in [2.45, 2.75) is 0 Å². The molecule has 0 saturated heterocycles. The largest absolute Gasteiger partial charge is 0.315 e. The highest BCUT2D eigenvalue weighted by atomic mass is 16.6. The van der Waals surface area contributed by atoms with E-state index in [9.17, 15) is 0 Å². The molecular weight excluding hydrogens is 96.0 g/mol. The van der Waals surface area contributed by atoms with Gasteiger partial charge in [-0.1, -0.05) is 5.17 Å². The SMILES string of the molecule is CN(N)N(O)CN. The minimum atomic E-state index is 0.00694. The van der Waals surface area contributed by atoms with Gasteiger partial charge in [0.15, 0.2) is 0 Å². The third-order valence-electron chi connectivity index (χ3n) is 0.527. The van der Waals surface area contributed by atoms with Crippen LogP contribution < -0.4 is 11.6 Å². The number of hydrazine groups is 2. The molecule has 0 unspecified atom stereocenters. The fourth-order valence-corrected chi connectivity index (χ4v) is 0.129. The summed E-state index contributed by atoms with van der Waals surface area (Å²) in [5.41, 5.74) is 4.93. The molecule has 0 aromatic rings. The van der Waals surface area contributed by atoms with Gasteiger partial charge in [0.05, 0.1) is 6.67 Å². The Balaban J connectivity index is 3.14. The van der Waals surface area contributed by atoms with Crippen LogP contribution in [-0.2, 0) is 0 Å². The second-order valence-electron chi connectivity index (χ2n) is 1.13. The number of nitrogens with two attached hydrogens (primary N) is 2. The Morgan fingerprint density at radius 3 is 2.14 bits per heavy atom. The van der Waals surface area contributed by atoms with Gasteiger partial charge in [0.25, 0.3) is 0 Å². The summed E-state index contributed by atoms with van der Waals surface area (Å²) in [6.07, 6.45) is 0. The number of rotatable bonds is 2. The average Bonchev–Trinajstić information content (AvgIpc) is 1.65. The van der Waals surface area contributed by atoms with E-state index < -0.39 is 0 Å². The monoisotopic (exact) mass is 106 g/mol. The molecule has 0 aromatic heterocycles. The molecule has 0 atom stereocenters. The molecule has 0 aliphatic heterocycles. The van der Waals surface area contributed by atoms with Crippen molar-refractivity contribution in [3.63, 3.8) is 0 Å². The highest BCUT2D eigenvalue weighted by Gasteiger charge is 1.95. The average molecular weight is 106 g/mol. The van der Waals surface area contributed by atoms with Gasteiger partial charge in [-0.15, -0.1) is 0 Å². The zero-order chi connectivity index (χ0) is 5.86. The smallest absolute Gasteiger partial charge is 0.0883 e. The summed E-state index contributed by atoms with van der Waals surface area (Å²) >= 11 is 0. The fourth-order valence-electron chi connectivity index (χ4n) is 0.129. The first-order chi connectivity index (χ1) is 3.18. The van der Waals surface area contributed by atoms with Gasteiger partial charge in [0.1, 0.15) is 0 Å². The van der Waals surface area contributed by atoms with Crippen LogP contribution in [0.2, 0.25) is 0 Å². The normalized spacial score (nSPS) is 11.1. The van der Waals surface area contributed by atoms with Crippen LogP contribution >= 0.6 is 0 Å². The van der Waals surface area contributed by atoms with E-state index in [2.05, 4.69) is 0 Å². The van der Waals surface area contributed by atoms with Crippen molar-refractivity contribution in [1.82, 2.24) is 10.3 Å². The van der Waals surface area contributed by atoms with Gasteiger partial charge in [-0.3, -0.25) is 11.0 Å². The maximum absolute atomic E-state index is 8.44. The van der Waals surface area contributed by atoms with Crippen LogP contribution in [0.1, 0.15) is 0 Å². The first-order valence-electron chi connectivity index (χ1n) is 1.83. The van der Waals surface area contributed by atoms with Gasteiger partial charge in [-0.25, -0.2) is 0 Å². The van der Waals surface area contributed by atoms with Gasteiger partial charge in [-0.2, -0.15) is 5.12 Å². The predicted molar refractivity (Wildman–Crippen MR) is 24.6 cm³/mol. The predicted octanol–water partition coefficient (Wildman–Crippen LogP) is -1.69. The second kappa shape index (κ2) is 2.89. The standard InChI is InChI=1S/C2H10N4O/c1-5(4)6(7)2-3/h7H,2-4H2,1H3. The summed E-state index contributed by atoms with van der Waals surface area (Å²) in [6, 6.07) is 0. The molecule has 0 rings (SSSR count). The van der Waals surface area contributed by atoms with Crippen LogP contribution in [-0.4, -0.2) is 29.2 Å². The Labute approximate surface area is 42.0 Å².